The summed E-state index contributed by atoms with van der Waals surface area (Å²) in [6.07, 6.45) is 0. The Labute approximate surface area is 221 Å². The highest BCUT2D eigenvalue weighted by Gasteiger charge is 2.20. The first-order valence-corrected chi connectivity index (χ1v) is 12.6. The quantitative estimate of drug-likeness (QED) is 0.211. The molecular weight excluding hydrogens is 480 g/mol. The lowest BCUT2D eigenvalue weighted by molar-refractivity contribution is -0.116. The zero-order valence-electron chi connectivity index (χ0n) is 21.8. The molecule has 4 aromatic rings. The number of anilines is 1. The Hall–Kier alpha value is -4.43. The van der Waals surface area contributed by atoms with Crippen LogP contribution < -0.4 is 10.6 Å². The molecule has 1 aromatic heterocycles. The predicted octanol–water partition coefficient (Wildman–Crippen LogP) is 5.17. The Bertz CT molecular complexity index is 1460. The molecule has 0 aliphatic carbocycles. The molecule has 1 amide bonds. The monoisotopic (exact) mass is 512 g/mol. The molecule has 8 heteroatoms. The number of rotatable bonds is 9. The van der Waals surface area contributed by atoms with Crippen molar-refractivity contribution in [2.45, 2.75) is 20.8 Å². The standard InChI is InChI=1S/C30H32N4O4/c1-4-38-30(37)22-10-15-25-26(16-22)33-29(36)27(25)28(21-8-6-5-7-9-21)32-23-11-13-24(14-12-23)34(20(3)35)18-19(2)17-31/h5-16,19,33,36H,4,17-18,31H2,1-3H3. The molecule has 0 fully saturated rings. The van der Waals surface area contributed by atoms with Crippen LogP contribution in [0, 0.1) is 5.92 Å². The van der Waals surface area contributed by atoms with Crippen LogP contribution in [-0.4, -0.2) is 47.4 Å². The van der Waals surface area contributed by atoms with Crippen molar-refractivity contribution in [1.29, 1.82) is 0 Å². The molecule has 1 heterocycles. The van der Waals surface area contributed by atoms with Crippen molar-refractivity contribution in [3.8, 4) is 5.88 Å². The number of nitrogens with one attached hydrogen (secondary N) is 1. The number of aromatic amines is 1. The third-order valence-electron chi connectivity index (χ3n) is 6.25. The maximum atomic E-state index is 12.3. The number of fused-ring (bicyclic) bond motifs is 1. The molecule has 8 nitrogen and oxygen atoms in total. The van der Waals surface area contributed by atoms with E-state index in [1.807, 2.05) is 61.5 Å². The average Bonchev–Trinajstić information content (AvgIpc) is 3.25. The number of hydrogen-bond acceptors (Lipinski definition) is 6. The minimum absolute atomic E-state index is 0.0567. The summed E-state index contributed by atoms with van der Waals surface area (Å²) in [7, 11) is 0. The number of benzene rings is 3. The lowest BCUT2D eigenvalue weighted by Gasteiger charge is -2.24. The highest BCUT2D eigenvalue weighted by atomic mass is 16.5. The Morgan fingerprint density at radius 1 is 1.05 bits per heavy atom. The first kappa shape index (κ1) is 26.6. The van der Waals surface area contributed by atoms with Crippen molar-refractivity contribution >= 4 is 39.9 Å². The Kier molecular flexibility index (Phi) is 8.23. The Morgan fingerprint density at radius 2 is 1.76 bits per heavy atom. The molecule has 0 bridgehead atoms. The number of H-pyrrole nitrogens is 1. The smallest absolute Gasteiger partial charge is 0.338 e. The predicted molar refractivity (Wildman–Crippen MR) is 150 cm³/mol. The second-order valence-corrected chi connectivity index (χ2v) is 9.14. The van der Waals surface area contributed by atoms with E-state index < -0.39 is 5.97 Å². The van der Waals surface area contributed by atoms with Gasteiger partial charge in [-0.3, -0.25) is 4.79 Å². The first-order valence-electron chi connectivity index (χ1n) is 12.6. The molecule has 0 aliphatic rings. The summed E-state index contributed by atoms with van der Waals surface area (Å²) in [5, 5.41) is 11.7. The SMILES string of the molecule is CCOC(=O)c1ccc2c(C(=Nc3ccc(N(CC(C)CN)C(C)=O)cc3)c3ccccc3)c(O)[nH]c2c1. The molecular formula is C30H32N4O4. The molecule has 0 saturated heterocycles. The van der Waals surface area contributed by atoms with Crippen molar-refractivity contribution in [1.82, 2.24) is 4.98 Å². The van der Waals surface area contributed by atoms with Gasteiger partial charge in [-0.15, -0.1) is 0 Å². The normalized spacial score (nSPS) is 12.4. The van der Waals surface area contributed by atoms with Crippen molar-refractivity contribution in [3.63, 3.8) is 0 Å². The highest BCUT2D eigenvalue weighted by molar-refractivity contribution is 6.22. The third kappa shape index (κ3) is 5.76. The van der Waals surface area contributed by atoms with Crippen LogP contribution in [0.25, 0.3) is 10.9 Å². The van der Waals surface area contributed by atoms with Crippen LogP contribution >= 0.6 is 0 Å². The Balaban J connectivity index is 1.78. The molecule has 4 N–H and O–H groups in total. The van der Waals surface area contributed by atoms with Gasteiger partial charge in [-0.1, -0.05) is 43.3 Å². The number of ether oxygens (including phenoxy) is 1. The topological polar surface area (TPSA) is 121 Å². The van der Waals surface area contributed by atoms with Crippen molar-refractivity contribution in [3.05, 3.63) is 89.5 Å². The number of aromatic hydroxyl groups is 1. The second-order valence-electron chi connectivity index (χ2n) is 9.14. The largest absolute Gasteiger partial charge is 0.494 e. The van der Waals surface area contributed by atoms with Crippen LogP contribution in [0.3, 0.4) is 0 Å². The van der Waals surface area contributed by atoms with E-state index >= 15 is 0 Å². The molecule has 196 valence electrons. The fraction of sp³-hybridized carbons (Fsp3) is 0.233. The summed E-state index contributed by atoms with van der Waals surface area (Å²) in [5.41, 5.74) is 10.1. The number of aromatic nitrogens is 1. The zero-order valence-corrected chi connectivity index (χ0v) is 21.8. The van der Waals surface area contributed by atoms with Crippen LogP contribution in [0.5, 0.6) is 5.88 Å². The second kappa shape index (κ2) is 11.7. The van der Waals surface area contributed by atoms with E-state index in [4.69, 9.17) is 15.5 Å². The minimum atomic E-state index is -0.428. The van der Waals surface area contributed by atoms with E-state index in [1.165, 1.54) is 6.92 Å². The van der Waals surface area contributed by atoms with E-state index in [-0.39, 0.29) is 24.3 Å². The third-order valence-corrected chi connectivity index (χ3v) is 6.25. The van der Waals surface area contributed by atoms with E-state index in [9.17, 15) is 14.7 Å². The lowest BCUT2D eigenvalue weighted by atomic mass is 10.00. The van der Waals surface area contributed by atoms with Crippen LogP contribution in [0.1, 0.15) is 42.3 Å². The number of esters is 1. The van der Waals surface area contributed by atoms with Gasteiger partial charge in [0.25, 0.3) is 0 Å². The summed E-state index contributed by atoms with van der Waals surface area (Å²) in [6.45, 7) is 6.59. The number of carbonyl (C=O) groups excluding carboxylic acids is 2. The molecule has 0 aliphatic heterocycles. The maximum Gasteiger partial charge on any atom is 0.338 e. The van der Waals surface area contributed by atoms with Gasteiger partial charge in [0.2, 0.25) is 5.91 Å². The van der Waals surface area contributed by atoms with Gasteiger partial charge in [0.1, 0.15) is 0 Å². The molecule has 1 atom stereocenters. The van der Waals surface area contributed by atoms with Gasteiger partial charge < -0.3 is 25.5 Å². The molecule has 4 rings (SSSR count). The molecule has 0 saturated carbocycles. The fourth-order valence-electron chi connectivity index (χ4n) is 4.26. The summed E-state index contributed by atoms with van der Waals surface area (Å²) < 4.78 is 5.11. The summed E-state index contributed by atoms with van der Waals surface area (Å²) >= 11 is 0. The van der Waals surface area contributed by atoms with Crippen molar-refractivity contribution in [2.24, 2.45) is 16.6 Å². The van der Waals surface area contributed by atoms with Crippen LogP contribution in [0.2, 0.25) is 0 Å². The van der Waals surface area contributed by atoms with Gasteiger partial charge in [0, 0.05) is 35.6 Å². The van der Waals surface area contributed by atoms with E-state index in [0.29, 0.717) is 46.5 Å². The van der Waals surface area contributed by atoms with Gasteiger partial charge in [-0.25, -0.2) is 9.79 Å². The summed E-state index contributed by atoms with van der Waals surface area (Å²) in [4.78, 5) is 34.1. The van der Waals surface area contributed by atoms with E-state index in [1.54, 1.807) is 30.0 Å². The summed E-state index contributed by atoms with van der Waals surface area (Å²) in [6, 6.07) is 22.1. The molecule has 0 radical (unpaired) electrons. The van der Waals surface area contributed by atoms with E-state index in [0.717, 1.165) is 11.3 Å². The number of aliphatic imine (C=N–C) groups is 1. The van der Waals surface area contributed by atoms with Crippen molar-refractivity contribution < 1.29 is 19.4 Å². The number of nitrogens with zero attached hydrogens (tertiary/aromatic N) is 2. The number of amides is 1. The minimum Gasteiger partial charge on any atom is -0.494 e. The van der Waals surface area contributed by atoms with Crippen LogP contribution in [0.4, 0.5) is 11.4 Å². The van der Waals surface area contributed by atoms with Crippen molar-refractivity contribution in [2.75, 3.05) is 24.6 Å². The van der Waals surface area contributed by atoms with Gasteiger partial charge in [0.15, 0.2) is 5.88 Å². The van der Waals surface area contributed by atoms with Gasteiger partial charge >= 0.3 is 5.97 Å². The molecule has 1 unspecified atom stereocenters. The zero-order chi connectivity index (χ0) is 27.2. The van der Waals surface area contributed by atoms with Gasteiger partial charge in [0.05, 0.1) is 29.1 Å². The molecule has 38 heavy (non-hydrogen) atoms. The molecule has 3 aromatic carbocycles. The number of hydrogen-bond donors (Lipinski definition) is 3. The molecule has 0 spiro atoms. The van der Waals surface area contributed by atoms with Gasteiger partial charge in [-0.05, 0) is 55.8 Å². The number of nitrogens with two attached hydrogens (primary N) is 1. The lowest BCUT2D eigenvalue weighted by Crippen LogP contribution is -2.35. The van der Waals surface area contributed by atoms with E-state index in [2.05, 4.69) is 4.98 Å². The first-order chi connectivity index (χ1) is 18.3. The number of carbonyl (C=O) groups is 2. The average molecular weight is 513 g/mol. The van der Waals surface area contributed by atoms with Crippen LogP contribution in [0.15, 0.2) is 77.8 Å². The maximum absolute atomic E-state index is 12.3. The highest BCUT2D eigenvalue weighted by Crippen LogP contribution is 2.32. The Morgan fingerprint density at radius 3 is 2.39 bits per heavy atom. The summed E-state index contributed by atoms with van der Waals surface area (Å²) in [5.74, 6) is -0.380. The fourth-order valence-corrected chi connectivity index (χ4v) is 4.26. The van der Waals surface area contributed by atoms with Gasteiger partial charge in [-0.2, -0.15) is 0 Å². The van der Waals surface area contributed by atoms with Crippen LogP contribution in [-0.2, 0) is 9.53 Å².